The highest BCUT2D eigenvalue weighted by molar-refractivity contribution is 5.82. The van der Waals surface area contributed by atoms with Gasteiger partial charge in [0.15, 0.2) is 0 Å². The molecule has 1 aliphatic heterocycles. The first-order chi connectivity index (χ1) is 7.58. The molecule has 2 rings (SSSR count). The van der Waals surface area contributed by atoms with Gasteiger partial charge in [-0.15, -0.1) is 0 Å². The number of non-ortho nitro benzene ring substituents is 1. The van der Waals surface area contributed by atoms with Crippen molar-refractivity contribution < 1.29 is 4.92 Å². The van der Waals surface area contributed by atoms with Gasteiger partial charge in [0, 0.05) is 19.2 Å². The maximum Gasteiger partial charge on any atom is 0.269 e. The molecule has 1 aromatic carbocycles. The van der Waals surface area contributed by atoms with Crippen LogP contribution in [0.15, 0.2) is 29.4 Å². The number of nitro groups is 1. The Morgan fingerprint density at radius 1 is 1.38 bits per heavy atom. The predicted octanol–water partition coefficient (Wildman–Crippen LogP) is 1.64. The highest BCUT2D eigenvalue weighted by Gasteiger charge is 2.17. The summed E-state index contributed by atoms with van der Waals surface area (Å²) in [4.78, 5) is 12.1. The van der Waals surface area contributed by atoms with Crippen molar-refractivity contribution in [1.82, 2.24) is 4.90 Å². The summed E-state index contributed by atoms with van der Waals surface area (Å²) in [6.07, 6.45) is 0. The van der Waals surface area contributed by atoms with E-state index < -0.39 is 4.92 Å². The fraction of sp³-hybridized carbons (Fsp3) is 0.300. The Morgan fingerprint density at radius 2 is 2.00 bits per heavy atom. The zero-order valence-corrected chi connectivity index (χ0v) is 9.12. The number of amidine groups is 1. The Bertz CT molecular complexity index is 441. The Balaban J connectivity index is 2.20. The molecule has 0 amide bonds. The van der Waals surface area contributed by atoms with Crippen molar-refractivity contribution in [3.05, 3.63) is 34.4 Å². The molecule has 1 aliphatic rings. The van der Waals surface area contributed by atoms with Gasteiger partial charge in [0.1, 0.15) is 12.5 Å². The minimum Gasteiger partial charge on any atom is -0.342 e. The van der Waals surface area contributed by atoms with E-state index in [9.17, 15) is 10.1 Å². The first kappa shape index (κ1) is 10.4. The minimum atomic E-state index is -0.408. The highest BCUT2D eigenvalue weighted by atomic mass is 16.6. The number of hydrogen-bond donors (Lipinski definition) is 0. The molecule has 0 radical (unpaired) electrons. The Labute approximate surface area is 92.9 Å². The van der Waals surface area contributed by atoms with Crippen LogP contribution in [0.3, 0.4) is 0 Å². The monoisotopic (exact) mass is 220 g/mol. The summed E-state index contributed by atoms with van der Waals surface area (Å²) in [6, 6.07) is 6.37. The van der Waals surface area contributed by atoms with Crippen molar-refractivity contribution in [3.8, 4) is 0 Å². The van der Waals surface area contributed by atoms with Crippen molar-refractivity contribution in [2.45, 2.75) is 6.92 Å². The molecule has 1 heterocycles. The molecule has 0 saturated heterocycles. The van der Waals surface area contributed by atoms with E-state index in [1.807, 2.05) is 18.9 Å². The molecule has 0 unspecified atom stereocenters. The molecular weight excluding hydrogens is 208 g/mol. The fourth-order valence-corrected chi connectivity index (χ4v) is 1.47. The van der Waals surface area contributed by atoms with Crippen LogP contribution in [0.4, 0.5) is 11.4 Å². The van der Waals surface area contributed by atoms with Crippen LogP contribution in [0.25, 0.3) is 0 Å². The number of nitro benzene ring substituents is 1. The average molecular weight is 220 g/mol. The summed E-state index contributed by atoms with van der Waals surface area (Å²) < 4.78 is 0. The van der Waals surface area contributed by atoms with Gasteiger partial charge in [-0.25, -0.2) is 5.01 Å². The Kier molecular flexibility index (Phi) is 2.47. The molecule has 0 fully saturated rings. The SMILES string of the molecule is CC1=NN(c2ccc([N+](=O)[O-])cc2)CN1C. The fourth-order valence-electron chi connectivity index (χ4n) is 1.47. The molecule has 0 aliphatic carbocycles. The molecule has 0 saturated carbocycles. The van der Waals surface area contributed by atoms with E-state index in [1.54, 1.807) is 17.1 Å². The largest absolute Gasteiger partial charge is 0.342 e. The summed E-state index contributed by atoms with van der Waals surface area (Å²) >= 11 is 0. The van der Waals surface area contributed by atoms with Gasteiger partial charge in [-0.2, -0.15) is 5.10 Å². The van der Waals surface area contributed by atoms with Gasteiger partial charge >= 0.3 is 0 Å². The minimum absolute atomic E-state index is 0.0944. The van der Waals surface area contributed by atoms with Crippen molar-refractivity contribution in [1.29, 1.82) is 0 Å². The van der Waals surface area contributed by atoms with Crippen LogP contribution in [0.1, 0.15) is 6.92 Å². The summed E-state index contributed by atoms with van der Waals surface area (Å²) in [5.74, 6) is 0.929. The summed E-state index contributed by atoms with van der Waals surface area (Å²) in [7, 11) is 1.95. The lowest BCUT2D eigenvalue weighted by Crippen LogP contribution is -2.25. The normalized spacial score (nSPS) is 15.2. The van der Waals surface area contributed by atoms with E-state index in [0.29, 0.717) is 6.67 Å². The standard InChI is InChI=1S/C10H12N4O2/c1-8-11-13(7-12(8)2)9-3-5-10(6-4-9)14(15)16/h3-6H,7H2,1-2H3. The van der Waals surface area contributed by atoms with Crippen molar-refractivity contribution in [2.75, 3.05) is 18.7 Å². The number of hydrogen-bond acceptors (Lipinski definition) is 5. The molecule has 1 aromatic rings. The first-order valence-electron chi connectivity index (χ1n) is 4.86. The molecule has 6 heteroatoms. The lowest BCUT2D eigenvalue weighted by atomic mass is 10.3. The molecule has 6 nitrogen and oxygen atoms in total. The van der Waals surface area contributed by atoms with Gasteiger partial charge in [0.25, 0.3) is 5.69 Å². The number of nitrogens with zero attached hydrogens (tertiary/aromatic N) is 4. The van der Waals surface area contributed by atoms with Gasteiger partial charge in [-0.1, -0.05) is 0 Å². The van der Waals surface area contributed by atoms with Crippen LogP contribution in [0.2, 0.25) is 0 Å². The van der Waals surface area contributed by atoms with E-state index >= 15 is 0 Å². The summed E-state index contributed by atoms with van der Waals surface area (Å²) in [6.45, 7) is 2.59. The van der Waals surface area contributed by atoms with Crippen molar-refractivity contribution in [3.63, 3.8) is 0 Å². The lowest BCUT2D eigenvalue weighted by molar-refractivity contribution is -0.384. The molecule has 16 heavy (non-hydrogen) atoms. The summed E-state index contributed by atoms with van der Waals surface area (Å²) in [5.41, 5.74) is 0.950. The second-order valence-corrected chi connectivity index (χ2v) is 3.66. The number of hydrazone groups is 1. The smallest absolute Gasteiger partial charge is 0.269 e. The van der Waals surface area contributed by atoms with E-state index in [0.717, 1.165) is 11.5 Å². The second kappa shape index (κ2) is 3.80. The van der Waals surface area contributed by atoms with E-state index in [-0.39, 0.29) is 5.69 Å². The molecule has 0 aromatic heterocycles. The zero-order chi connectivity index (χ0) is 11.7. The van der Waals surface area contributed by atoms with Crippen molar-refractivity contribution >= 4 is 17.2 Å². The van der Waals surface area contributed by atoms with Crippen LogP contribution in [0, 0.1) is 10.1 Å². The topological polar surface area (TPSA) is 62.0 Å². The van der Waals surface area contributed by atoms with Gasteiger partial charge in [-0.3, -0.25) is 10.1 Å². The molecule has 0 bridgehead atoms. The van der Waals surface area contributed by atoms with E-state index in [1.165, 1.54) is 12.1 Å². The van der Waals surface area contributed by atoms with Gasteiger partial charge in [0.05, 0.1) is 10.6 Å². The molecule has 0 N–H and O–H groups in total. The van der Waals surface area contributed by atoms with Crippen LogP contribution < -0.4 is 5.01 Å². The average Bonchev–Trinajstić information content (AvgIpc) is 2.59. The first-order valence-corrected chi connectivity index (χ1v) is 4.86. The third-order valence-corrected chi connectivity index (χ3v) is 2.52. The second-order valence-electron chi connectivity index (χ2n) is 3.66. The van der Waals surface area contributed by atoms with Crippen LogP contribution in [0.5, 0.6) is 0 Å². The molecule has 0 atom stereocenters. The van der Waals surface area contributed by atoms with Gasteiger partial charge in [0.2, 0.25) is 0 Å². The third kappa shape index (κ3) is 1.81. The lowest BCUT2D eigenvalue weighted by Gasteiger charge is -2.15. The van der Waals surface area contributed by atoms with E-state index in [2.05, 4.69) is 5.10 Å². The zero-order valence-electron chi connectivity index (χ0n) is 9.12. The summed E-state index contributed by atoms with van der Waals surface area (Å²) in [5, 5.41) is 16.6. The van der Waals surface area contributed by atoms with Crippen molar-refractivity contribution in [2.24, 2.45) is 5.10 Å². The number of benzene rings is 1. The highest BCUT2D eigenvalue weighted by Crippen LogP contribution is 2.22. The maximum absolute atomic E-state index is 10.5. The predicted molar refractivity (Wildman–Crippen MR) is 61.3 cm³/mol. The van der Waals surface area contributed by atoms with Gasteiger partial charge < -0.3 is 4.90 Å². The van der Waals surface area contributed by atoms with Gasteiger partial charge in [-0.05, 0) is 19.1 Å². The Hall–Kier alpha value is -2.11. The number of anilines is 1. The van der Waals surface area contributed by atoms with Crippen LogP contribution in [-0.4, -0.2) is 29.4 Å². The number of rotatable bonds is 2. The Morgan fingerprint density at radius 3 is 2.44 bits per heavy atom. The van der Waals surface area contributed by atoms with Crippen LogP contribution >= 0.6 is 0 Å². The third-order valence-electron chi connectivity index (χ3n) is 2.52. The quantitative estimate of drug-likeness (QED) is 0.561. The van der Waals surface area contributed by atoms with Crippen LogP contribution in [-0.2, 0) is 0 Å². The molecule has 84 valence electrons. The van der Waals surface area contributed by atoms with E-state index in [4.69, 9.17) is 0 Å². The molecule has 0 spiro atoms. The molecular formula is C10H12N4O2. The maximum atomic E-state index is 10.5.